The van der Waals surface area contributed by atoms with E-state index in [1.54, 1.807) is 0 Å². The zero-order valence-corrected chi connectivity index (χ0v) is 17.7. The Labute approximate surface area is 173 Å². The van der Waals surface area contributed by atoms with Crippen molar-refractivity contribution in [3.63, 3.8) is 0 Å². The van der Waals surface area contributed by atoms with Gasteiger partial charge < -0.3 is 14.1 Å². The Balaban J connectivity index is 1.76. The third-order valence-corrected chi connectivity index (χ3v) is 5.34. The van der Waals surface area contributed by atoms with Crippen molar-refractivity contribution in [2.45, 2.75) is 40.0 Å². The molecule has 0 bridgehead atoms. The molecule has 3 aromatic rings. The fourth-order valence-electron chi connectivity index (χ4n) is 3.54. The van der Waals surface area contributed by atoms with Crippen LogP contribution in [0.4, 0.5) is 0 Å². The molecule has 0 saturated heterocycles. The van der Waals surface area contributed by atoms with Crippen LogP contribution in [0.1, 0.15) is 55.3 Å². The maximum atomic E-state index is 13.3. The van der Waals surface area contributed by atoms with Gasteiger partial charge in [-0.1, -0.05) is 45.4 Å². The number of likely N-dealkylation sites (N-methyl/N-ethyl adjacent to an activating group) is 1. The summed E-state index contributed by atoms with van der Waals surface area (Å²) in [6, 6.07) is 15.2. The Morgan fingerprint density at radius 2 is 1.72 bits per heavy atom. The van der Waals surface area contributed by atoms with Crippen LogP contribution in [0, 0.1) is 0 Å². The smallest absolute Gasteiger partial charge is 0.197 e. The number of nitrogens with zero attached hydrogens (tertiary/aromatic N) is 1. The highest BCUT2D eigenvalue weighted by atomic mass is 16.5. The maximum Gasteiger partial charge on any atom is 0.197 e. The van der Waals surface area contributed by atoms with E-state index in [0.717, 1.165) is 61.4 Å². The summed E-state index contributed by atoms with van der Waals surface area (Å²) < 4.78 is 11.9. The van der Waals surface area contributed by atoms with Gasteiger partial charge in [0.05, 0.1) is 5.56 Å². The summed E-state index contributed by atoms with van der Waals surface area (Å²) in [5.74, 6) is 1.59. The largest absolute Gasteiger partial charge is 0.492 e. The van der Waals surface area contributed by atoms with Gasteiger partial charge in [0.15, 0.2) is 5.78 Å². The van der Waals surface area contributed by atoms with E-state index < -0.39 is 0 Å². The summed E-state index contributed by atoms with van der Waals surface area (Å²) in [4.78, 5) is 15.6. The van der Waals surface area contributed by atoms with E-state index in [4.69, 9.17) is 9.15 Å². The predicted molar refractivity (Wildman–Crippen MR) is 118 cm³/mol. The highest BCUT2D eigenvalue weighted by molar-refractivity contribution is 6.16. The number of carbonyl (C=O) groups excluding carboxylic acids is 1. The quantitative estimate of drug-likeness (QED) is 0.390. The molecule has 29 heavy (non-hydrogen) atoms. The summed E-state index contributed by atoms with van der Waals surface area (Å²) in [5.41, 5.74) is 2.13. The van der Waals surface area contributed by atoms with Crippen molar-refractivity contribution in [1.29, 1.82) is 0 Å². The average Bonchev–Trinajstić information content (AvgIpc) is 3.13. The number of fused-ring (bicyclic) bond motifs is 1. The number of hydrogen-bond acceptors (Lipinski definition) is 4. The molecule has 0 aliphatic rings. The second-order valence-electron chi connectivity index (χ2n) is 7.23. The molecule has 0 fully saturated rings. The van der Waals surface area contributed by atoms with E-state index in [0.29, 0.717) is 17.7 Å². The van der Waals surface area contributed by atoms with E-state index in [9.17, 15) is 4.79 Å². The lowest BCUT2D eigenvalue weighted by atomic mass is 9.98. The molecule has 0 aliphatic carbocycles. The molecule has 0 N–H and O–H groups in total. The van der Waals surface area contributed by atoms with Crippen molar-refractivity contribution in [3.8, 4) is 5.75 Å². The molecule has 0 radical (unpaired) electrons. The first-order chi connectivity index (χ1) is 14.2. The monoisotopic (exact) mass is 393 g/mol. The number of unbranched alkanes of at least 4 members (excludes halogenated alkanes) is 1. The van der Waals surface area contributed by atoms with Gasteiger partial charge in [0.25, 0.3) is 0 Å². The molecule has 1 heterocycles. The van der Waals surface area contributed by atoms with Crippen LogP contribution in [0.5, 0.6) is 5.75 Å². The summed E-state index contributed by atoms with van der Waals surface area (Å²) >= 11 is 0. The lowest BCUT2D eigenvalue weighted by molar-refractivity contribution is 0.103. The zero-order chi connectivity index (χ0) is 20.6. The Morgan fingerprint density at radius 3 is 2.41 bits per heavy atom. The first-order valence-corrected chi connectivity index (χ1v) is 10.7. The summed E-state index contributed by atoms with van der Waals surface area (Å²) in [6.07, 6.45) is 2.84. The molecule has 154 valence electrons. The number of rotatable bonds is 11. The Morgan fingerprint density at radius 1 is 1.00 bits per heavy atom. The molecule has 2 aromatic carbocycles. The molecule has 0 unspecified atom stereocenters. The van der Waals surface area contributed by atoms with E-state index in [1.807, 2.05) is 48.5 Å². The molecular weight excluding hydrogens is 362 g/mol. The van der Waals surface area contributed by atoms with Gasteiger partial charge in [0.2, 0.25) is 0 Å². The van der Waals surface area contributed by atoms with Crippen molar-refractivity contribution in [1.82, 2.24) is 4.90 Å². The number of ether oxygens (including phenoxy) is 1. The first-order valence-electron chi connectivity index (χ1n) is 10.7. The van der Waals surface area contributed by atoms with Crippen molar-refractivity contribution in [2.24, 2.45) is 0 Å². The molecule has 0 amide bonds. The van der Waals surface area contributed by atoms with Crippen LogP contribution in [0.2, 0.25) is 0 Å². The van der Waals surface area contributed by atoms with E-state index in [1.165, 1.54) is 0 Å². The number of benzene rings is 2. The summed E-state index contributed by atoms with van der Waals surface area (Å²) in [5, 5.41) is 0.892. The molecule has 0 saturated carbocycles. The minimum absolute atomic E-state index is 0.00995. The third-order valence-electron chi connectivity index (χ3n) is 5.34. The van der Waals surface area contributed by atoms with Crippen molar-refractivity contribution in [2.75, 3.05) is 26.2 Å². The lowest BCUT2D eigenvalue weighted by Gasteiger charge is -2.18. The van der Waals surface area contributed by atoms with Gasteiger partial charge in [-0.3, -0.25) is 4.79 Å². The topological polar surface area (TPSA) is 42.7 Å². The number of hydrogen-bond donors (Lipinski definition) is 0. The van der Waals surface area contributed by atoms with Crippen LogP contribution in [0.3, 0.4) is 0 Å². The van der Waals surface area contributed by atoms with Gasteiger partial charge in [-0.15, -0.1) is 0 Å². The summed E-state index contributed by atoms with van der Waals surface area (Å²) in [7, 11) is 0. The molecule has 0 spiro atoms. The standard InChI is InChI=1S/C25H31NO3/c1-4-7-11-23-24(21-10-8-9-12-22(21)29-23)25(27)19-13-15-20(16-14-19)28-18-17-26(5-2)6-3/h8-10,12-16H,4-7,11,17-18H2,1-3H3. The normalized spacial score (nSPS) is 11.3. The van der Waals surface area contributed by atoms with Crippen molar-refractivity contribution < 1.29 is 13.9 Å². The Bertz CT molecular complexity index is 923. The average molecular weight is 394 g/mol. The predicted octanol–water partition coefficient (Wildman–Crippen LogP) is 5.73. The fourth-order valence-corrected chi connectivity index (χ4v) is 3.54. The van der Waals surface area contributed by atoms with Crippen LogP contribution >= 0.6 is 0 Å². The number of carbonyl (C=O) groups is 1. The molecule has 4 nitrogen and oxygen atoms in total. The van der Waals surface area contributed by atoms with Crippen molar-refractivity contribution in [3.05, 3.63) is 65.4 Å². The number of furan rings is 1. The van der Waals surface area contributed by atoms with Gasteiger partial charge in [-0.25, -0.2) is 0 Å². The van der Waals surface area contributed by atoms with Gasteiger partial charge in [0, 0.05) is 23.9 Å². The number of ketones is 1. The van der Waals surface area contributed by atoms with Crippen molar-refractivity contribution >= 4 is 16.8 Å². The second kappa shape index (κ2) is 10.3. The van der Waals surface area contributed by atoms with Gasteiger partial charge in [0.1, 0.15) is 23.7 Å². The second-order valence-corrected chi connectivity index (χ2v) is 7.23. The van der Waals surface area contributed by atoms with Crippen LogP contribution in [0.25, 0.3) is 11.0 Å². The highest BCUT2D eigenvalue weighted by Crippen LogP contribution is 2.29. The van der Waals surface area contributed by atoms with Crippen LogP contribution in [0.15, 0.2) is 52.9 Å². The SMILES string of the molecule is CCCCc1oc2ccccc2c1C(=O)c1ccc(OCCN(CC)CC)cc1. The minimum Gasteiger partial charge on any atom is -0.492 e. The van der Waals surface area contributed by atoms with Gasteiger partial charge in [-0.05, 0) is 49.8 Å². The molecule has 1 aromatic heterocycles. The molecule has 0 atom stereocenters. The maximum absolute atomic E-state index is 13.3. The van der Waals surface area contributed by atoms with Gasteiger partial charge >= 0.3 is 0 Å². The van der Waals surface area contributed by atoms with Crippen LogP contribution in [-0.4, -0.2) is 36.9 Å². The zero-order valence-electron chi connectivity index (χ0n) is 17.7. The van der Waals surface area contributed by atoms with E-state index >= 15 is 0 Å². The molecule has 3 rings (SSSR count). The number of aryl methyl sites for hydroxylation is 1. The number of para-hydroxylation sites is 1. The molecular formula is C25H31NO3. The van der Waals surface area contributed by atoms with Crippen LogP contribution < -0.4 is 4.74 Å². The molecule has 4 heteroatoms. The minimum atomic E-state index is 0.00995. The van der Waals surface area contributed by atoms with Crippen LogP contribution in [-0.2, 0) is 6.42 Å². The van der Waals surface area contributed by atoms with E-state index in [-0.39, 0.29) is 5.78 Å². The third kappa shape index (κ3) is 5.07. The summed E-state index contributed by atoms with van der Waals surface area (Å²) in [6.45, 7) is 10.0. The molecule has 0 aliphatic heterocycles. The van der Waals surface area contributed by atoms with Gasteiger partial charge in [-0.2, -0.15) is 0 Å². The Kier molecular flexibility index (Phi) is 7.48. The highest BCUT2D eigenvalue weighted by Gasteiger charge is 2.21. The first kappa shape index (κ1) is 21.1. The van der Waals surface area contributed by atoms with E-state index in [2.05, 4.69) is 25.7 Å². The Hall–Kier alpha value is -2.59. The fraction of sp³-hybridized carbons (Fsp3) is 0.400. The lowest BCUT2D eigenvalue weighted by Crippen LogP contribution is -2.27.